The highest BCUT2D eigenvalue weighted by molar-refractivity contribution is 5.59. The van der Waals surface area contributed by atoms with Crippen LogP contribution < -0.4 is 0 Å². The van der Waals surface area contributed by atoms with Crippen molar-refractivity contribution in [2.75, 3.05) is 13.1 Å². The molecule has 1 heterocycles. The third kappa shape index (κ3) is 1.95. The first-order chi connectivity index (χ1) is 8.29. The average Bonchev–Trinajstić information content (AvgIpc) is 2.95. The Hall–Kier alpha value is -0.370. The van der Waals surface area contributed by atoms with Crippen LogP contribution in [0, 0.1) is 17.3 Å². The number of rotatable bonds is 3. The van der Waals surface area contributed by atoms with Gasteiger partial charge in [-0.15, -0.1) is 0 Å². The number of carbonyl (C=O) groups is 1. The van der Waals surface area contributed by atoms with Gasteiger partial charge in [0.05, 0.1) is 6.04 Å². The lowest BCUT2D eigenvalue weighted by atomic mass is 9.82. The number of aldehydes is 1. The number of hydrogen-bond acceptors (Lipinski definition) is 2. The first-order valence-electron chi connectivity index (χ1n) is 7.48. The monoisotopic (exact) mass is 235 g/mol. The summed E-state index contributed by atoms with van der Waals surface area (Å²) in [4.78, 5) is 13.5. The van der Waals surface area contributed by atoms with Crippen LogP contribution in [-0.4, -0.2) is 30.3 Å². The highest BCUT2D eigenvalue weighted by Gasteiger charge is 2.61. The lowest BCUT2D eigenvalue weighted by molar-refractivity contribution is -0.111. The van der Waals surface area contributed by atoms with Gasteiger partial charge in [0, 0.05) is 6.54 Å². The smallest absolute Gasteiger partial charge is 0.137 e. The molecular weight excluding hydrogens is 210 g/mol. The van der Waals surface area contributed by atoms with Crippen LogP contribution in [0.5, 0.6) is 0 Å². The van der Waals surface area contributed by atoms with E-state index in [1.54, 1.807) is 0 Å². The summed E-state index contributed by atoms with van der Waals surface area (Å²) < 4.78 is 0. The molecule has 0 aromatic heterocycles. The highest BCUT2D eigenvalue weighted by Crippen LogP contribution is 2.64. The molecule has 1 spiro atoms. The van der Waals surface area contributed by atoms with E-state index in [0.717, 1.165) is 24.8 Å². The normalized spacial score (nSPS) is 43.1. The molecule has 17 heavy (non-hydrogen) atoms. The fourth-order valence-electron chi connectivity index (χ4n) is 4.61. The second-order valence-corrected chi connectivity index (χ2v) is 6.54. The molecule has 2 saturated carbocycles. The molecular formula is C15H25NO. The van der Waals surface area contributed by atoms with E-state index in [1.807, 2.05) is 0 Å². The van der Waals surface area contributed by atoms with Gasteiger partial charge in [0.15, 0.2) is 0 Å². The Balaban J connectivity index is 1.64. The third-order valence-electron chi connectivity index (χ3n) is 5.64. The predicted octanol–water partition coefficient (Wildman–Crippen LogP) is 2.87. The first kappa shape index (κ1) is 11.7. The quantitative estimate of drug-likeness (QED) is 0.701. The van der Waals surface area contributed by atoms with Gasteiger partial charge in [0.2, 0.25) is 0 Å². The zero-order valence-electron chi connectivity index (χ0n) is 11.0. The van der Waals surface area contributed by atoms with Crippen LogP contribution in [0.4, 0.5) is 0 Å². The van der Waals surface area contributed by atoms with E-state index in [9.17, 15) is 4.79 Å². The molecule has 0 amide bonds. The van der Waals surface area contributed by atoms with E-state index in [4.69, 9.17) is 0 Å². The summed E-state index contributed by atoms with van der Waals surface area (Å²) >= 11 is 0. The maximum Gasteiger partial charge on any atom is 0.137 e. The van der Waals surface area contributed by atoms with Crippen LogP contribution in [0.1, 0.15) is 51.9 Å². The van der Waals surface area contributed by atoms with Gasteiger partial charge in [-0.3, -0.25) is 4.90 Å². The number of likely N-dealkylation sites (tertiary alicyclic amines) is 1. The van der Waals surface area contributed by atoms with E-state index in [0.29, 0.717) is 5.41 Å². The van der Waals surface area contributed by atoms with Gasteiger partial charge in [-0.25, -0.2) is 0 Å². The lowest BCUT2D eigenvalue weighted by Crippen LogP contribution is -2.30. The Kier molecular flexibility index (Phi) is 3.02. The SMILES string of the molecule is CCN1C[C@]2(C[C@H]1C=O)C[C@H]2C1CCCCC1. The first-order valence-corrected chi connectivity index (χ1v) is 7.48. The summed E-state index contributed by atoms with van der Waals surface area (Å²) in [7, 11) is 0. The molecule has 2 nitrogen and oxygen atoms in total. The molecule has 1 saturated heterocycles. The van der Waals surface area contributed by atoms with Crippen molar-refractivity contribution in [3.8, 4) is 0 Å². The number of hydrogen-bond donors (Lipinski definition) is 0. The molecule has 3 aliphatic rings. The van der Waals surface area contributed by atoms with E-state index >= 15 is 0 Å². The molecule has 3 atom stereocenters. The molecule has 0 aromatic rings. The van der Waals surface area contributed by atoms with Gasteiger partial charge in [0.25, 0.3) is 0 Å². The van der Waals surface area contributed by atoms with Crippen LogP contribution >= 0.6 is 0 Å². The van der Waals surface area contributed by atoms with Gasteiger partial charge in [0.1, 0.15) is 6.29 Å². The van der Waals surface area contributed by atoms with Gasteiger partial charge in [-0.05, 0) is 36.6 Å². The average molecular weight is 235 g/mol. The second kappa shape index (κ2) is 4.38. The summed E-state index contributed by atoms with van der Waals surface area (Å²) in [6, 6.07) is 0.230. The summed E-state index contributed by atoms with van der Waals surface area (Å²) in [5, 5.41) is 0. The predicted molar refractivity (Wildman–Crippen MR) is 68.8 cm³/mol. The molecule has 0 radical (unpaired) electrons. The topological polar surface area (TPSA) is 20.3 Å². The molecule has 0 aromatic carbocycles. The molecule has 1 aliphatic heterocycles. The second-order valence-electron chi connectivity index (χ2n) is 6.54. The molecule has 3 fully saturated rings. The minimum Gasteiger partial charge on any atom is -0.302 e. The molecule has 0 bridgehead atoms. The molecule has 0 N–H and O–H groups in total. The fraction of sp³-hybridized carbons (Fsp3) is 0.933. The number of likely N-dealkylation sites (N-methyl/N-ethyl adjacent to an activating group) is 1. The molecule has 96 valence electrons. The summed E-state index contributed by atoms with van der Waals surface area (Å²) in [5.41, 5.74) is 0.559. The fourth-order valence-corrected chi connectivity index (χ4v) is 4.61. The van der Waals surface area contributed by atoms with Crippen molar-refractivity contribution in [2.45, 2.75) is 57.9 Å². The third-order valence-corrected chi connectivity index (χ3v) is 5.64. The minimum absolute atomic E-state index is 0.230. The lowest BCUT2D eigenvalue weighted by Gasteiger charge is -2.24. The van der Waals surface area contributed by atoms with Gasteiger partial charge in [-0.1, -0.05) is 39.0 Å². The van der Waals surface area contributed by atoms with E-state index < -0.39 is 0 Å². The Morgan fingerprint density at radius 2 is 2.00 bits per heavy atom. The Morgan fingerprint density at radius 3 is 2.59 bits per heavy atom. The van der Waals surface area contributed by atoms with E-state index in [1.165, 1.54) is 51.4 Å². The minimum atomic E-state index is 0.230. The van der Waals surface area contributed by atoms with Crippen molar-refractivity contribution in [3.63, 3.8) is 0 Å². The standard InChI is InChI=1S/C15H25NO/c1-2-16-11-15(8-13(16)10-17)9-14(15)12-6-4-3-5-7-12/h10,12-14H,2-9,11H2,1H3/t13-,14-,15-/m0/s1. The molecule has 2 aliphatic carbocycles. The summed E-state index contributed by atoms with van der Waals surface area (Å²) in [6.45, 7) is 4.43. The summed E-state index contributed by atoms with van der Waals surface area (Å²) in [6.07, 6.45) is 11.0. The van der Waals surface area contributed by atoms with Crippen molar-refractivity contribution in [3.05, 3.63) is 0 Å². The van der Waals surface area contributed by atoms with Crippen molar-refractivity contribution in [1.82, 2.24) is 4.90 Å². The maximum absolute atomic E-state index is 11.1. The number of nitrogens with zero attached hydrogens (tertiary/aromatic N) is 1. The van der Waals surface area contributed by atoms with E-state index in [2.05, 4.69) is 11.8 Å². The van der Waals surface area contributed by atoms with Gasteiger partial charge in [-0.2, -0.15) is 0 Å². The maximum atomic E-state index is 11.1. The largest absolute Gasteiger partial charge is 0.302 e. The van der Waals surface area contributed by atoms with Crippen LogP contribution in [0.3, 0.4) is 0 Å². The van der Waals surface area contributed by atoms with Gasteiger partial charge < -0.3 is 4.79 Å². The van der Waals surface area contributed by atoms with Crippen molar-refractivity contribution in [1.29, 1.82) is 0 Å². The molecule has 2 heteroatoms. The van der Waals surface area contributed by atoms with E-state index in [-0.39, 0.29) is 6.04 Å². The van der Waals surface area contributed by atoms with Crippen LogP contribution in [0.15, 0.2) is 0 Å². The van der Waals surface area contributed by atoms with Crippen LogP contribution in [0.25, 0.3) is 0 Å². The Bertz CT molecular complexity index is 297. The van der Waals surface area contributed by atoms with Crippen molar-refractivity contribution in [2.24, 2.45) is 17.3 Å². The van der Waals surface area contributed by atoms with Crippen LogP contribution in [0.2, 0.25) is 0 Å². The molecule has 0 unspecified atom stereocenters. The van der Waals surface area contributed by atoms with Gasteiger partial charge >= 0.3 is 0 Å². The molecule has 3 rings (SSSR count). The Labute approximate surface area is 105 Å². The van der Waals surface area contributed by atoms with Crippen molar-refractivity contribution >= 4 is 6.29 Å². The summed E-state index contributed by atoms with van der Waals surface area (Å²) in [5.74, 6) is 1.95. The zero-order chi connectivity index (χ0) is 11.9. The van der Waals surface area contributed by atoms with Crippen LogP contribution in [-0.2, 0) is 4.79 Å². The number of carbonyl (C=O) groups excluding carboxylic acids is 1. The highest BCUT2D eigenvalue weighted by atomic mass is 16.1. The van der Waals surface area contributed by atoms with Crippen molar-refractivity contribution < 1.29 is 4.79 Å². The zero-order valence-corrected chi connectivity index (χ0v) is 11.0. The Morgan fingerprint density at radius 1 is 1.24 bits per heavy atom.